The van der Waals surface area contributed by atoms with Gasteiger partial charge in [-0.15, -0.1) is 24.0 Å². The van der Waals surface area contributed by atoms with Gasteiger partial charge in [0.1, 0.15) is 0 Å². The lowest BCUT2D eigenvalue weighted by Crippen LogP contribution is -2.38. The van der Waals surface area contributed by atoms with Gasteiger partial charge in [-0.1, -0.05) is 42.5 Å². The van der Waals surface area contributed by atoms with Crippen molar-refractivity contribution in [1.82, 2.24) is 20.4 Å². The van der Waals surface area contributed by atoms with E-state index in [0.29, 0.717) is 18.7 Å². The number of carbonyl (C=O) groups excluding carboxylic acids is 1. The molecule has 1 amide bonds. The molecular formula is C23H34IN5O. The van der Waals surface area contributed by atoms with E-state index in [1.165, 1.54) is 5.56 Å². The third-order valence-corrected chi connectivity index (χ3v) is 4.40. The largest absolute Gasteiger partial charge is 0.357 e. The number of nitrogens with one attached hydrogen (secondary N) is 2. The fourth-order valence-corrected chi connectivity index (χ4v) is 2.87. The Morgan fingerprint density at radius 2 is 1.67 bits per heavy atom. The maximum Gasteiger partial charge on any atom is 0.251 e. The summed E-state index contributed by atoms with van der Waals surface area (Å²) in [5.41, 5.74) is 2.91. The summed E-state index contributed by atoms with van der Waals surface area (Å²) < 4.78 is 0. The normalized spacial score (nSPS) is 11.0. The number of halogens is 1. The topological polar surface area (TPSA) is 60.0 Å². The molecule has 0 aliphatic carbocycles. The van der Waals surface area contributed by atoms with Crippen LogP contribution >= 0.6 is 24.0 Å². The lowest BCUT2D eigenvalue weighted by molar-refractivity contribution is 0.0951. The monoisotopic (exact) mass is 523 g/mol. The van der Waals surface area contributed by atoms with Gasteiger partial charge >= 0.3 is 0 Å². The summed E-state index contributed by atoms with van der Waals surface area (Å²) in [4.78, 5) is 21.3. The number of benzene rings is 2. The molecule has 6 nitrogen and oxygen atoms in total. The van der Waals surface area contributed by atoms with Crippen LogP contribution in [0.4, 0.5) is 0 Å². The Kier molecular flexibility index (Phi) is 12.1. The van der Waals surface area contributed by atoms with Gasteiger partial charge in [-0.25, -0.2) is 4.99 Å². The number of hydrogen-bond donors (Lipinski definition) is 2. The third-order valence-electron chi connectivity index (χ3n) is 4.40. The van der Waals surface area contributed by atoms with E-state index < -0.39 is 0 Å². The van der Waals surface area contributed by atoms with Crippen LogP contribution in [-0.4, -0.2) is 62.4 Å². The zero-order chi connectivity index (χ0) is 21.1. The van der Waals surface area contributed by atoms with Crippen molar-refractivity contribution in [1.29, 1.82) is 0 Å². The van der Waals surface area contributed by atoms with E-state index in [9.17, 15) is 4.79 Å². The SMILES string of the molecule is CCNC(=NCc1cccc(C(=O)NCCN(C)C)c1)N(C)Cc1ccccc1.I. The van der Waals surface area contributed by atoms with Gasteiger partial charge in [0, 0.05) is 38.8 Å². The summed E-state index contributed by atoms with van der Waals surface area (Å²) in [6.45, 7) is 5.59. The van der Waals surface area contributed by atoms with Gasteiger partial charge in [-0.05, 0) is 44.3 Å². The smallest absolute Gasteiger partial charge is 0.251 e. The fourth-order valence-electron chi connectivity index (χ4n) is 2.87. The standard InChI is InChI=1S/C23H33N5O.HI/c1-5-24-23(28(4)18-19-10-7-6-8-11-19)26-17-20-12-9-13-21(16-20)22(29)25-14-15-27(2)3;/h6-13,16H,5,14-15,17-18H2,1-4H3,(H,24,26)(H,25,29);1H. The first kappa shape index (κ1) is 25.9. The first-order chi connectivity index (χ1) is 14.0. The highest BCUT2D eigenvalue weighted by atomic mass is 127. The van der Waals surface area contributed by atoms with E-state index in [-0.39, 0.29) is 29.9 Å². The van der Waals surface area contributed by atoms with E-state index in [0.717, 1.165) is 31.2 Å². The molecule has 2 aromatic carbocycles. The highest BCUT2D eigenvalue weighted by Gasteiger charge is 2.08. The molecule has 0 saturated heterocycles. The Bertz CT molecular complexity index is 795. The molecule has 0 saturated carbocycles. The number of guanidine groups is 1. The average molecular weight is 523 g/mol. The van der Waals surface area contributed by atoms with Crippen molar-refractivity contribution >= 4 is 35.8 Å². The maximum atomic E-state index is 12.3. The summed E-state index contributed by atoms with van der Waals surface area (Å²) >= 11 is 0. The third kappa shape index (κ3) is 9.13. The number of rotatable bonds is 9. The van der Waals surface area contributed by atoms with Gasteiger partial charge in [-0.3, -0.25) is 4.79 Å². The molecular weight excluding hydrogens is 489 g/mol. The quantitative estimate of drug-likeness (QED) is 0.301. The molecule has 0 aliphatic rings. The van der Waals surface area contributed by atoms with Crippen LogP contribution in [0.15, 0.2) is 59.6 Å². The maximum absolute atomic E-state index is 12.3. The van der Waals surface area contributed by atoms with Crippen LogP contribution < -0.4 is 10.6 Å². The van der Waals surface area contributed by atoms with Crippen molar-refractivity contribution in [3.8, 4) is 0 Å². The molecule has 2 N–H and O–H groups in total. The molecule has 0 unspecified atom stereocenters. The zero-order valence-electron chi connectivity index (χ0n) is 18.4. The van der Waals surface area contributed by atoms with Gasteiger partial charge in [0.05, 0.1) is 6.54 Å². The second-order valence-electron chi connectivity index (χ2n) is 7.27. The number of likely N-dealkylation sites (N-methyl/N-ethyl adjacent to an activating group) is 1. The van der Waals surface area contributed by atoms with Crippen molar-refractivity contribution in [2.24, 2.45) is 4.99 Å². The van der Waals surface area contributed by atoms with Crippen LogP contribution in [0.1, 0.15) is 28.4 Å². The predicted molar refractivity (Wildman–Crippen MR) is 135 cm³/mol. The van der Waals surface area contributed by atoms with E-state index in [2.05, 4.69) is 34.6 Å². The van der Waals surface area contributed by atoms with Crippen LogP contribution in [0.3, 0.4) is 0 Å². The molecule has 30 heavy (non-hydrogen) atoms. The van der Waals surface area contributed by atoms with E-state index >= 15 is 0 Å². The molecule has 0 atom stereocenters. The average Bonchev–Trinajstić information content (AvgIpc) is 2.71. The predicted octanol–water partition coefficient (Wildman–Crippen LogP) is 3.19. The lowest BCUT2D eigenvalue weighted by Gasteiger charge is -2.22. The minimum atomic E-state index is -0.0502. The molecule has 2 rings (SSSR count). The number of nitrogens with zero attached hydrogens (tertiary/aromatic N) is 3. The van der Waals surface area contributed by atoms with Crippen LogP contribution in [0, 0.1) is 0 Å². The van der Waals surface area contributed by atoms with Crippen LogP contribution in [0.25, 0.3) is 0 Å². The van der Waals surface area contributed by atoms with Gasteiger partial charge < -0.3 is 20.4 Å². The molecule has 0 spiro atoms. The molecule has 164 valence electrons. The molecule has 0 heterocycles. The first-order valence-corrected chi connectivity index (χ1v) is 10.0. The Morgan fingerprint density at radius 3 is 2.33 bits per heavy atom. The minimum Gasteiger partial charge on any atom is -0.357 e. The molecule has 2 aromatic rings. The number of carbonyl (C=O) groups is 1. The summed E-state index contributed by atoms with van der Waals surface area (Å²) in [5.74, 6) is 0.794. The molecule has 0 radical (unpaired) electrons. The zero-order valence-corrected chi connectivity index (χ0v) is 20.7. The number of aliphatic imine (C=N–C) groups is 1. The van der Waals surface area contributed by atoms with Crippen molar-refractivity contribution in [2.45, 2.75) is 20.0 Å². The second-order valence-corrected chi connectivity index (χ2v) is 7.27. The summed E-state index contributed by atoms with van der Waals surface area (Å²) in [7, 11) is 6.01. The summed E-state index contributed by atoms with van der Waals surface area (Å²) in [6.07, 6.45) is 0. The molecule has 0 aliphatic heterocycles. The number of amides is 1. The number of hydrogen-bond acceptors (Lipinski definition) is 3. The van der Waals surface area contributed by atoms with E-state index in [1.54, 1.807) is 0 Å². The Hall–Kier alpha value is -2.13. The summed E-state index contributed by atoms with van der Waals surface area (Å²) in [6, 6.07) is 18.0. The minimum absolute atomic E-state index is 0. The van der Waals surface area contributed by atoms with E-state index in [4.69, 9.17) is 4.99 Å². The van der Waals surface area contributed by atoms with Gasteiger partial charge in [0.15, 0.2) is 5.96 Å². The van der Waals surface area contributed by atoms with Gasteiger partial charge in [-0.2, -0.15) is 0 Å². The first-order valence-electron chi connectivity index (χ1n) is 10.0. The van der Waals surface area contributed by atoms with E-state index in [1.807, 2.05) is 68.5 Å². The van der Waals surface area contributed by atoms with Gasteiger partial charge in [0.2, 0.25) is 0 Å². The lowest BCUT2D eigenvalue weighted by atomic mass is 10.1. The van der Waals surface area contributed by atoms with Crippen molar-refractivity contribution in [3.05, 3.63) is 71.3 Å². The van der Waals surface area contributed by atoms with Gasteiger partial charge in [0.25, 0.3) is 5.91 Å². The Morgan fingerprint density at radius 1 is 0.967 bits per heavy atom. The van der Waals surface area contributed by atoms with Crippen molar-refractivity contribution in [3.63, 3.8) is 0 Å². The fraction of sp³-hybridized carbons (Fsp3) is 0.391. The summed E-state index contributed by atoms with van der Waals surface area (Å²) in [5, 5.41) is 6.29. The molecule has 0 aromatic heterocycles. The highest BCUT2D eigenvalue weighted by Crippen LogP contribution is 2.08. The molecule has 0 fully saturated rings. The van der Waals surface area contributed by atoms with Crippen LogP contribution in [-0.2, 0) is 13.1 Å². The second kappa shape index (κ2) is 14.0. The highest BCUT2D eigenvalue weighted by molar-refractivity contribution is 14.0. The van der Waals surface area contributed by atoms with Crippen molar-refractivity contribution < 1.29 is 4.79 Å². The van der Waals surface area contributed by atoms with Crippen LogP contribution in [0.5, 0.6) is 0 Å². The Balaban J connectivity index is 0.00000450. The molecule has 7 heteroatoms. The van der Waals surface area contributed by atoms with Crippen molar-refractivity contribution in [2.75, 3.05) is 40.8 Å². The van der Waals surface area contributed by atoms with Crippen LogP contribution in [0.2, 0.25) is 0 Å². The Labute approximate surface area is 197 Å². The molecule has 0 bridgehead atoms.